The maximum Gasteiger partial charge on any atom is 0.328 e. The van der Waals surface area contributed by atoms with Crippen LogP contribution in [-0.4, -0.2) is 25.0 Å². The molecule has 0 spiro atoms. The lowest BCUT2D eigenvalue weighted by atomic mass is 10.1. The average molecular weight is 274 g/mol. The molecule has 0 aliphatic heterocycles. The van der Waals surface area contributed by atoms with Crippen LogP contribution >= 0.6 is 11.6 Å². The number of carbonyl (C=O) groups excluding carboxylic acids is 2. The van der Waals surface area contributed by atoms with Gasteiger partial charge in [-0.2, -0.15) is 0 Å². The number of hydrogen-bond donors (Lipinski definition) is 1. The van der Waals surface area contributed by atoms with Crippen molar-refractivity contribution >= 4 is 23.5 Å². The second-order valence-corrected chi connectivity index (χ2v) is 4.13. The normalized spacial score (nSPS) is 11.8. The molecule has 0 aliphatic carbocycles. The second kappa shape index (κ2) is 6.35. The number of benzene rings is 1. The molecule has 0 aliphatic rings. The summed E-state index contributed by atoms with van der Waals surface area (Å²) in [5.74, 6) is -1.39. The van der Waals surface area contributed by atoms with Crippen LogP contribution in [0.25, 0.3) is 0 Å². The number of nitrogens with one attached hydrogen (secondary N) is 1. The molecule has 1 amide bonds. The topological polar surface area (TPSA) is 55.4 Å². The van der Waals surface area contributed by atoms with E-state index in [-0.39, 0.29) is 17.4 Å². The largest absolute Gasteiger partial charge is 0.467 e. The highest BCUT2D eigenvalue weighted by Crippen LogP contribution is 2.17. The predicted octanol–water partition coefficient (Wildman–Crippen LogP) is 1.70. The van der Waals surface area contributed by atoms with Crippen LogP contribution in [0, 0.1) is 5.82 Å². The van der Waals surface area contributed by atoms with E-state index in [0.29, 0.717) is 5.56 Å². The van der Waals surface area contributed by atoms with Gasteiger partial charge in [0.2, 0.25) is 5.91 Å². The van der Waals surface area contributed by atoms with E-state index in [1.807, 2.05) is 0 Å². The van der Waals surface area contributed by atoms with Crippen LogP contribution in [0.4, 0.5) is 4.39 Å². The zero-order chi connectivity index (χ0) is 13.7. The molecule has 0 saturated heterocycles. The third kappa shape index (κ3) is 4.00. The van der Waals surface area contributed by atoms with Crippen molar-refractivity contribution in [1.82, 2.24) is 5.32 Å². The van der Waals surface area contributed by atoms with Gasteiger partial charge in [0.25, 0.3) is 0 Å². The minimum atomic E-state index is -0.735. The second-order valence-electron chi connectivity index (χ2n) is 3.72. The van der Waals surface area contributed by atoms with Crippen LogP contribution in [0.15, 0.2) is 18.2 Å². The fraction of sp³-hybridized carbons (Fsp3) is 0.333. The highest BCUT2D eigenvalue weighted by molar-refractivity contribution is 6.31. The number of halogens is 2. The Morgan fingerprint density at radius 1 is 1.50 bits per heavy atom. The maximum atomic E-state index is 12.8. The predicted molar refractivity (Wildman–Crippen MR) is 64.7 cm³/mol. The molecule has 1 N–H and O–H groups in total. The summed E-state index contributed by atoms with van der Waals surface area (Å²) in [5, 5.41) is 2.63. The van der Waals surface area contributed by atoms with Crippen molar-refractivity contribution < 1.29 is 18.7 Å². The molecule has 1 rings (SSSR count). The highest BCUT2D eigenvalue weighted by atomic mass is 35.5. The first-order valence-corrected chi connectivity index (χ1v) is 5.63. The minimum absolute atomic E-state index is 0.0273. The SMILES string of the molecule is COC(=O)[C@H](C)NC(=O)Cc1ccc(F)cc1Cl. The quantitative estimate of drug-likeness (QED) is 0.850. The van der Waals surface area contributed by atoms with E-state index in [2.05, 4.69) is 10.1 Å². The Morgan fingerprint density at radius 3 is 2.72 bits per heavy atom. The minimum Gasteiger partial charge on any atom is -0.467 e. The lowest BCUT2D eigenvalue weighted by Gasteiger charge is -2.11. The number of ether oxygens (including phenoxy) is 1. The van der Waals surface area contributed by atoms with E-state index in [4.69, 9.17) is 11.6 Å². The molecule has 0 radical (unpaired) electrons. The van der Waals surface area contributed by atoms with Gasteiger partial charge in [-0.25, -0.2) is 9.18 Å². The molecule has 0 unspecified atom stereocenters. The Kier molecular flexibility index (Phi) is 5.09. The van der Waals surface area contributed by atoms with E-state index in [0.717, 1.165) is 6.07 Å². The smallest absolute Gasteiger partial charge is 0.328 e. The van der Waals surface area contributed by atoms with Crippen LogP contribution < -0.4 is 5.32 Å². The van der Waals surface area contributed by atoms with Crippen LogP contribution in [0.5, 0.6) is 0 Å². The molecule has 6 heteroatoms. The number of hydrogen-bond acceptors (Lipinski definition) is 3. The zero-order valence-corrected chi connectivity index (χ0v) is 10.8. The van der Waals surface area contributed by atoms with Crippen LogP contribution in [-0.2, 0) is 20.7 Å². The van der Waals surface area contributed by atoms with Crippen LogP contribution in [0.3, 0.4) is 0 Å². The summed E-state index contributed by atoms with van der Waals surface area (Å²) in [6, 6.07) is 3.05. The average Bonchev–Trinajstić information content (AvgIpc) is 2.31. The fourth-order valence-electron chi connectivity index (χ4n) is 1.37. The van der Waals surface area contributed by atoms with E-state index in [9.17, 15) is 14.0 Å². The number of amides is 1. The van der Waals surface area contributed by atoms with E-state index in [1.54, 1.807) is 0 Å². The Balaban J connectivity index is 2.62. The molecule has 0 aromatic heterocycles. The third-order valence-corrected chi connectivity index (χ3v) is 2.65. The highest BCUT2D eigenvalue weighted by Gasteiger charge is 2.16. The maximum absolute atomic E-state index is 12.8. The van der Waals surface area contributed by atoms with Crippen molar-refractivity contribution in [2.24, 2.45) is 0 Å². The Hall–Kier alpha value is -1.62. The van der Waals surface area contributed by atoms with Gasteiger partial charge >= 0.3 is 5.97 Å². The van der Waals surface area contributed by atoms with Gasteiger partial charge in [-0.3, -0.25) is 4.79 Å². The first kappa shape index (κ1) is 14.4. The summed E-state index contributed by atoms with van der Waals surface area (Å²) in [4.78, 5) is 22.7. The van der Waals surface area contributed by atoms with Crippen molar-refractivity contribution in [3.8, 4) is 0 Å². The van der Waals surface area contributed by atoms with Crippen molar-refractivity contribution in [3.63, 3.8) is 0 Å². The summed E-state index contributed by atoms with van der Waals surface area (Å²) in [6.07, 6.45) is -0.0273. The molecule has 1 aromatic carbocycles. The number of carbonyl (C=O) groups is 2. The fourth-order valence-corrected chi connectivity index (χ4v) is 1.60. The first-order valence-electron chi connectivity index (χ1n) is 5.25. The zero-order valence-electron chi connectivity index (χ0n) is 10.00. The Bertz CT molecular complexity index is 465. The molecule has 0 bridgehead atoms. The van der Waals surface area contributed by atoms with Gasteiger partial charge in [0.05, 0.1) is 13.5 Å². The van der Waals surface area contributed by atoms with Gasteiger partial charge in [0, 0.05) is 5.02 Å². The van der Waals surface area contributed by atoms with E-state index < -0.39 is 17.8 Å². The molecular formula is C12H13ClFNO3. The molecule has 0 fully saturated rings. The van der Waals surface area contributed by atoms with Gasteiger partial charge < -0.3 is 10.1 Å². The van der Waals surface area contributed by atoms with Gasteiger partial charge in [0.15, 0.2) is 0 Å². The number of rotatable bonds is 4. The van der Waals surface area contributed by atoms with E-state index in [1.165, 1.54) is 26.2 Å². The molecule has 0 saturated carbocycles. The van der Waals surface area contributed by atoms with Crippen molar-refractivity contribution in [1.29, 1.82) is 0 Å². The standard InChI is InChI=1S/C12H13ClFNO3/c1-7(12(17)18-2)15-11(16)5-8-3-4-9(14)6-10(8)13/h3-4,6-7H,5H2,1-2H3,(H,15,16)/t7-/m0/s1. The summed E-state index contributed by atoms with van der Waals surface area (Å²) in [5.41, 5.74) is 0.493. The van der Waals surface area contributed by atoms with Crippen LogP contribution in [0.1, 0.15) is 12.5 Å². The molecule has 4 nitrogen and oxygen atoms in total. The summed E-state index contributed by atoms with van der Waals surface area (Å²) in [7, 11) is 1.24. The molecule has 1 aromatic rings. The van der Waals surface area contributed by atoms with Crippen molar-refractivity contribution in [2.45, 2.75) is 19.4 Å². The van der Waals surface area contributed by atoms with Gasteiger partial charge in [-0.15, -0.1) is 0 Å². The van der Waals surface area contributed by atoms with Gasteiger partial charge in [0.1, 0.15) is 11.9 Å². The lowest BCUT2D eigenvalue weighted by Crippen LogP contribution is -2.39. The van der Waals surface area contributed by atoms with Gasteiger partial charge in [-0.05, 0) is 24.6 Å². The number of methoxy groups -OCH3 is 1. The molecule has 98 valence electrons. The lowest BCUT2D eigenvalue weighted by molar-refractivity contribution is -0.144. The Morgan fingerprint density at radius 2 is 2.17 bits per heavy atom. The molecule has 1 atom stereocenters. The van der Waals surface area contributed by atoms with Crippen molar-refractivity contribution in [2.75, 3.05) is 7.11 Å². The summed E-state index contributed by atoms with van der Waals surface area (Å²) in [6.45, 7) is 1.51. The molecule has 0 heterocycles. The van der Waals surface area contributed by atoms with Crippen molar-refractivity contribution in [3.05, 3.63) is 34.6 Å². The molecular weight excluding hydrogens is 261 g/mol. The Labute approximate surface area is 109 Å². The monoisotopic (exact) mass is 273 g/mol. The summed E-state index contributed by atoms with van der Waals surface area (Å²) >= 11 is 5.79. The third-order valence-electron chi connectivity index (χ3n) is 2.30. The van der Waals surface area contributed by atoms with Gasteiger partial charge in [-0.1, -0.05) is 17.7 Å². The number of esters is 1. The summed E-state index contributed by atoms with van der Waals surface area (Å²) < 4.78 is 17.3. The molecule has 18 heavy (non-hydrogen) atoms. The van der Waals surface area contributed by atoms with E-state index >= 15 is 0 Å². The van der Waals surface area contributed by atoms with Crippen LogP contribution in [0.2, 0.25) is 5.02 Å². The first-order chi connectivity index (χ1) is 8.43.